The number of hydrogen-bond donors (Lipinski definition) is 1. The first-order valence-electron chi connectivity index (χ1n) is 7.49. The van der Waals surface area contributed by atoms with Crippen molar-refractivity contribution in [3.05, 3.63) is 65.7 Å². The maximum Gasteiger partial charge on any atom is 0.251 e. The summed E-state index contributed by atoms with van der Waals surface area (Å²) in [4.78, 5) is 11.9. The number of hydrogen-bond acceptors (Lipinski definition) is 3. The number of nitrogens with one attached hydrogen (secondary N) is 1. The monoisotopic (exact) mass is 330 g/mol. The van der Waals surface area contributed by atoms with Crippen LogP contribution in [0, 0.1) is 0 Å². The van der Waals surface area contributed by atoms with Crippen LogP contribution >= 0.6 is 0 Å². The van der Waals surface area contributed by atoms with E-state index >= 15 is 0 Å². The minimum atomic E-state index is -3.43. The third kappa shape index (κ3) is 3.37. The summed E-state index contributed by atoms with van der Waals surface area (Å²) in [7, 11) is -3.43. The molecule has 3 rings (SSSR count). The predicted octanol–water partition coefficient (Wildman–Crippen LogP) is 1.81. The summed E-state index contributed by atoms with van der Waals surface area (Å²) >= 11 is 0. The smallest absolute Gasteiger partial charge is 0.251 e. The Morgan fingerprint density at radius 2 is 1.74 bits per heavy atom. The van der Waals surface area contributed by atoms with E-state index in [0.717, 1.165) is 17.7 Å². The fraction of sp³-hybridized carbons (Fsp3) is 0.235. The van der Waals surface area contributed by atoms with Crippen LogP contribution in [0.25, 0.3) is 0 Å². The second kappa shape index (κ2) is 6.42. The van der Waals surface area contributed by atoms with Crippen LogP contribution in [-0.4, -0.2) is 33.2 Å². The highest BCUT2D eigenvalue weighted by molar-refractivity contribution is 7.92. The molecule has 1 amide bonds. The van der Waals surface area contributed by atoms with Gasteiger partial charge in [0, 0.05) is 18.7 Å². The van der Waals surface area contributed by atoms with E-state index in [2.05, 4.69) is 5.32 Å². The maximum absolute atomic E-state index is 12.5. The van der Waals surface area contributed by atoms with Crippen LogP contribution in [0.1, 0.15) is 15.9 Å². The van der Waals surface area contributed by atoms with Gasteiger partial charge in [-0.2, -0.15) is 0 Å². The molecule has 23 heavy (non-hydrogen) atoms. The topological polar surface area (TPSA) is 66.5 Å². The molecule has 2 aromatic rings. The number of benzene rings is 2. The molecule has 0 radical (unpaired) electrons. The van der Waals surface area contributed by atoms with Crippen molar-refractivity contribution in [2.24, 2.45) is 0 Å². The molecule has 5 nitrogen and oxygen atoms in total. The fourth-order valence-corrected chi connectivity index (χ4v) is 4.12. The van der Waals surface area contributed by atoms with Gasteiger partial charge in [0.15, 0.2) is 0 Å². The van der Waals surface area contributed by atoms with E-state index in [1.807, 2.05) is 30.3 Å². The normalized spacial score (nSPS) is 13.7. The van der Waals surface area contributed by atoms with Gasteiger partial charge in [-0.15, -0.1) is 0 Å². The van der Waals surface area contributed by atoms with Crippen molar-refractivity contribution in [3.8, 4) is 0 Å². The second-order valence-corrected chi connectivity index (χ2v) is 7.40. The van der Waals surface area contributed by atoms with E-state index < -0.39 is 10.0 Å². The Hall–Kier alpha value is -2.34. The van der Waals surface area contributed by atoms with Gasteiger partial charge in [0.1, 0.15) is 0 Å². The van der Waals surface area contributed by atoms with Crippen LogP contribution in [0.15, 0.2) is 54.6 Å². The third-order valence-corrected chi connectivity index (χ3v) is 5.63. The zero-order chi connectivity index (χ0) is 16.3. The molecular formula is C17H18N2O3S. The molecule has 6 heteroatoms. The molecule has 0 saturated heterocycles. The number of anilines is 1. The van der Waals surface area contributed by atoms with Gasteiger partial charge in [0.25, 0.3) is 5.91 Å². The molecule has 120 valence electrons. The number of carbonyl (C=O) groups is 1. The highest BCUT2D eigenvalue weighted by Crippen LogP contribution is 2.29. The Kier molecular flexibility index (Phi) is 4.34. The second-order valence-electron chi connectivity index (χ2n) is 5.39. The largest absolute Gasteiger partial charge is 0.351 e. The van der Waals surface area contributed by atoms with Gasteiger partial charge in [-0.25, -0.2) is 8.42 Å². The standard InChI is InChI=1S/C17H18N2O3S/c20-17(15-7-2-1-3-8-15)18-11-13-23(21,22)19-12-10-14-6-4-5-9-16(14)19/h1-9H,10-13H2,(H,18,20). The Morgan fingerprint density at radius 3 is 2.52 bits per heavy atom. The van der Waals surface area contributed by atoms with Crippen molar-refractivity contribution in [3.63, 3.8) is 0 Å². The van der Waals surface area contributed by atoms with Crippen molar-refractivity contribution < 1.29 is 13.2 Å². The summed E-state index contributed by atoms with van der Waals surface area (Å²) in [6, 6.07) is 16.3. The Labute approximate surface area is 136 Å². The average Bonchev–Trinajstić information content (AvgIpc) is 3.00. The van der Waals surface area contributed by atoms with Crippen LogP contribution in [0.3, 0.4) is 0 Å². The molecule has 1 N–H and O–H groups in total. The van der Waals surface area contributed by atoms with Gasteiger partial charge in [-0.05, 0) is 30.2 Å². The van der Waals surface area contributed by atoms with E-state index in [9.17, 15) is 13.2 Å². The lowest BCUT2D eigenvalue weighted by atomic mass is 10.2. The summed E-state index contributed by atoms with van der Waals surface area (Å²) in [6.45, 7) is 0.559. The molecule has 0 saturated carbocycles. The first kappa shape index (κ1) is 15.6. The molecule has 0 spiro atoms. The van der Waals surface area contributed by atoms with Gasteiger partial charge < -0.3 is 5.32 Å². The Morgan fingerprint density at radius 1 is 1.04 bits per heavy atom. The maximum atomic E-state index is 12.5. The summed E-state index contributed by atoms with van der Waals surface area (Å²) in [6.07, 6.45) is 0.728. The lowest BCUT2D eigenvalue weighted by Crippen LogP contribution is -2.36. The zero-order valence-electron chi connectivity index (χ0n) is 12.6. The lowest BCUT2D eigenvalue weighted by Gasteiger charge is -2.19. The minimum absolute atomic E-state index is 0.0920. The van der Waals surface area contributed by atoms with Crippen LogP contribution in [0.5, 0.6) is 0 Å². The first-order valence-corrected chi connectivity index (χ1v) is 9.10. The number of rotatable bonds is 5. The van der Waals surface area contributed by atoms with Crippen LogP contribution in [0.2, 0.25) is 0 Å². The van der Waals surface area contributed by atoms with Crippen molar-refractivity contribution in [2.45, 2.75) is 6.42 Å². The average molecular weight is 330 g/mol. The SMILES string of the molecule is O=C(NCCS(=O)(=O)N1CCc2ccccc21)c1ccccc1. The summed E-state index contributed by atoms with van der Waals surface area (Å²) < 4.78 is 26.4. The summed E-state index contributed by atoms with van der Waals surface area (Å²) in [5.41, 5.74) is 2.32. The van der Waals surface area contributed by atoms with Crippen molar-refractivity contribution in [1.82, 2.24) is 5.32 Å². The van der Waals surface area contributed by atoms with Crippen molar-refractivity contribution >= 4 is 21.6 Å². The minimum Gasteiger partial charge on any atom is -0.351 e. The molecule has 0 unspecified atom stereocenters. The lowest BCUT2D eigenvalue weighted by molar-refractivity contribution is 0.0956. The van der Waals surface area contributed by atoms with Gasteiger partial charge in [0.2, 0.25) is 10.0 Å². The molecule has 1 heterocycles. The molecular weight excluding hydrogens is 312 g/mol. The van der Waals surface area contributed by atoms with Gasteiger partial charge in [0.05, 0.1) is 11.4 Å². The van der Waals surface area contributed by atoms with E-state index in [4.69, 9.17) is 0 Å². The molecule has 2 aromatic carbocycles. The molecule has 1 aliphatic rings. The predicted molar refractivity (Wildman–Crippen MR) is 90.1 cm³/mol. The van der Waals surface area contributed by atoms with Crippen LogP contribution in [-0.2, 0) is 16.4 Å². The van der Waals surface area contributed by atoms with Crippen LogP contribution < -0.4 is 9.62 Å². The van der Waals surface area contributed by atoms with Crippen LogP contribution in [0.4, 0.5) is 5.69 Å². The highest BCUT2D eigenvalue weighted by Gasteiger charge is 2.28. The number of fused-ring (bicyclic) bond motifs is 1. The Bertz CT molecular complexity index is 804. The third-order valence-electron chi connectivity index (χ3n) is 3.86. The molecule has 1 aliphatic heterocycles. The number of para-hydroxylation sites is 1. The van der Waals surface area contributed by atoms with E-state index in [1.165, 1.54) is 4.31 Å². The molecule has 0 fully saturated rings. The molecule has 0 bridgehead atoms. The van der Waals surface area contributed by atoms with Gasteiger partial charge in [-0.1, -0.05) is 36.4 Å². The highest BCUT2D eigenvalue weighted by atomic mass is 32.2. The summed E-state index contributed by atoms with van der Waals surface area (Å²) in [5.74, 6) is -0.373. The number of carbonyl (C=O) groups excluding carboxylic acids is 1. The van der Waals surface area contributed by atoms with E-state index in [-0.39, 0.29) is 18.2 Å². The Balaban J connectivity index is 1.61. The molecule has 0 aromatic heterocycles. The number of amides is 1. The zero-order valence-corrected chi connectivity index (χ0v) is 13.4. The van der Waals surface area contributed by atoms with E-state index in [1.54, 1.807) is 24.3 Å². The van der Waals surface area contributed by atoms with E-state index in [0.29, 0.717) is 12.1 Å². The first-order chi connectivity index (χ1) is 11.1. The van der Waals surface area contributed by atoms with Gasteiger partial charge in [-0.3, -0.25) is 9.10 Å². The summed E-state index contributed by atoms with van der Waals surface area (Å²) in [5, 5.41) is 2.66. The molecule has 0 aliphatic carbocycles. The number of nitrogens with zero attached hydrogens (tertiary/aromatic N) is 1. The van der Waals surface area contributed by atoms with Crippen molar-refractivity contribution in [1.29, 1.82) is 0 Å². The van der Waals surface area contributed by atoms with Gasteiger partial charge >= 0.3 is 0 Å². The fourth-order valence-electron chi connectivity index (χ4n) is 2.69. The van der Waals surface area contributed by atoms with Crippen molar-refractivity contribution in [2.75, 3.05) is 23.1 Å². The quantitative estimate of drug-likeness (QED) is 0.909. The number of sulfonamides is 1. The molecule has 0 atom stereocenters.